The van der Waals surface area contributed by atoms with Gasteiger partial charge in [-0.05, 0) is 40.2 Å². The molecule has 0 spiro atoms. The smallest absolute Gasteiger partial charge is 0.146 e. The first kappa shape index (κ1) is 11.6. The van der Waals surface area contributed by atoms with Crippen LogP contribution in [-0.4, -0.2) is 0 Å². The number of rotatable bonds is 2. The molecule has 0 N–H and O–H groups in total. The lowest BCUT2D eigenvalue weighted by molar-refractivity contribution is 0.480. The standard InChI is InChI=1S/C14H8BrClO2/c15-10-3-1-2-4-12(10)18-14-7-9-5-6-17-13(9)8-11(14)16/h1-8H. The lowest BCUT2D eigenvalue weighted by Gasteiger charge is -2.09. The monoisotopic (exact) mass is 322 g/mol. The van der Waals surface area contributed by atoms with Gasteiger partial charge < -0.3 is 9.15 Å². The Morgan fingerprint density at radius 1 is 1.06 bits per heavy atom. The minimum absolute atomic E-state index is 0.521. The number of hydrogen-bond acceptors (Lipinski definition) is 2. The maximum Gasteiger partial charge on any atom is 0.146 e. The molecule has 0 radical (unpaired) electrons. The summed E-state index contributed by atoms with van der Waals surface area (Å²) < 4.78 is 12.0. The van der Waals surface area contributed by atoms with Crippen molar-refractivity contribution in [3.63, 3.8) is 0 Å². The fourth-order valence-corrected chi connectivity index (χ4v) is 2.25. The molecular formula is C14H8BrClO2. The molecular weight excluding hydrogens is 316 g/mol. The predicted octanol–water partition coefficient (Wildman–Crippen LogP) is 5.64. The molecule has 0 atom stereocenters. The summed E-state index contributed by atoms with van der Waals surface area (Å²) in [6, 6.07) is 13.1. The highest BCUT2D eigenvalue weighted by Gasteiger charge is 2.09. The van der Waals surface area contributed by atoms with E-state index in [4.69, 9.17) is 20.8 Å². The number of furan rings is 1. The van der Waals surface area contributed by atoms with Crippen LogP contribution in [0.5, 0.6) is 11.5 Å². The van der Waals surface area contributed by atoms with E-state index in [1.807, 2.05) is 36.4 Å². The third kappa shape index (κ3) is 2.11. The van der Waals surface area contributed by atoms with Gasteiger partial charge in [0.2, 0.25) is 0 Å². The van der Waals surface area contributed by atoms with Gasteiger partial charge in [-0.3, -0.25) is 0 Å². The zero-order valence-electron chi connectivity index (χ0n) is 9.19. The molecule has 0 aliphatic carbocycles. The van der Waals surface area contributed by atoms with Crippen LogP contribution in [0.2, 0.25) is 5.02 Å². The van der Waals surface area contributed by atoms with Crippen LogP contribution in [0.4, 0.5) is 0 Å². The molecule has 0 saturated heterocycles. The molecule has 3 aromatic rings. The first-order valence-corrected chi connectivity index (χ1v) is 6.50. The van der Waals surface area contributed by atoms with Gasteiger partial charge in [0.15, 0.2) is 0 Å². The highest BCUT2D eigenvalue weighted by atomic mass is 79.9. The van der Waals surface area contributed by atoms with Crippen molar-refractivity contribution in [3.8, 4) is 11.5 Å². The van der Waals surface area contributed by atoms with Crippen molar-refractivity contribution >= 4 is 38.5 Å². The van der Waals surface area contributed by atoms with Gasteiger partial charge in [-0.15, -0.1) is 0 Å². The van der Waals surface area contributed by atoms with E-state index >= 15 is 0 Å². The molecule has 18 heavy (non-hydrogen) atoms. The average Bonchev–Trinajstić information content (AvgIpc) is 2.79. The van der Waals surface area contributed by atoms with Crippen LogP contribution in [-0.2, 0) is 0 Å². The van der Waals surface area contributed by atoms with Crippen molar-refractivity contribution in [2.24, 2.45) is 0 Å². The van der Waals surface area contributed by atoms with Crippen LogP contribution in [0, 0.1) is 0 Å². The molecule has 0 amide bonds. The molecule has 0 aliphatic rings. The Labute approximate surface area is 117 Å². The van der Waals surface area contributed by atoms with Crippen LogP contribution in [0.25, 0.3) is 11.0 Å². The van der Waals surface area contributed by atoms with Crippen molar-refractivity contribution in [2.45, 2.75) is 0 Å². The maximum atomic E-state index is 6.16. The van der Waals surface area contributed by atoms with Crippen molar-refractivity contribution in [1.82, 2.24) is 0 Å². The Balaban J connectivity index is 2.04. The van der Waals surface area contributed by atoms with Gasteiger partial charge in [0.1, 0.15) is 17.1 Å². The Bertz CT molecular complexity index is 706. The van der Waals surface area contributed by atoms with Crippen molar-refractivity contribution in [1.29, 1.82) is 0 Å². The fourth-order valence-electron chi connectivity index (χ4n) is 1.69. The summed E-state index contributed by atoms with van der Waals surface area (Å²) in [4.78, 5) is 0. The van der Waals surface area contributed by atoms with E-state index in [-0.39, 0.29) is 0 Å². The van der Waals surface area contributed by atoms with Gasteiger partial charge in [0, 0.05) is 11.5 Å². The zero-order chi connectivity index (χ0) is 12.5. The van der Waals surface area contributed by atoms with Gasteiger partial charge in [-0.25, -0.2) is 0 Å². The molecule has 0 fully saturated rings. The normalized spacial score (nSPS) is 10.8. The number of halogens is 2. The largest absolute Gasteiger partial charge is 0.464 e. The van der Waals surface area contributed by atoms with E-state index in [9.17, 15) is 0 Å². The van der Waals surface area contributed by atoms with E-state index in [0.29, 0.717) is 10.8 Å². The molecule has 0 aliphatic heterocycles. The van der Waals surface area contributed by atoms with Crippen molar-refractivity contribution in [2.75, 3.05) is 0 Å². The summed E-state index contributed by atoms with van der Waals surface area (Å²) in [6.07, 6.45) is 1.63. The number of benzene rings is 2. The number of ether oxygens (including phenoxy) is 1. The lowest BCUT2D eigenvalue weighted by atomic mass is 10.2. The zero-order valence-corrected chi connectivity index (χ0v) is 11.5. The number of fused-ring (bicyclic) bond motifs is 1. The van der Waals surface area contributed by atoms with Crippen molar-refractivity contribution in [3.05, 3.63) is 58.2 Å². The first-order chi connectivity index (χ1) is 8.74. The summed E-state index contributed by atoms with van der Waals surface area (Å²) in [6.45, 7) is 0. The van der Waals surface area contributed by atoms with Crippen LogP contribution in [0.3, 0.4) is 0 Å². The van der Waals surface area contributed by atoms with Gasteiger partial charge in [0.25, 0.3) is 0 Å². The Morgan fingerprint density at radius 2 is 1.89 bits per heavy atom. The highest BCUT2D eigenvalue weighted by Crippen LogP contribution is 2.36. The highest BCUT2D eigenvalue weighted by molar-refractivity contribution is 9.10. The van der Waals surface area contributed by atoms with E-state index in [2.05, 4.69) is 15.9 Å². The molecule has 4 heteroatoms. The molecule has 3 rings (SSSR count). The minimum Gasteiger partial charge on any atom is -0.464 e. The Morgan fingerprint density at radius 3 is 2.72 bits per heavy atom. The van der Waals surface area contributed by atoms with E-state index < -0.39 is 0 Å². The quantitative estimate of drug-likeness (QED) is 0.609. The SMILES string of the molecule is Clc1cc2occc2cc1Oc1ccccc1Br. The van der Waals surface area contributed by atoms with Gasteiger partial charge >= 0.3 is 0 Å². The summed E-state index contributed by atoms with van der Waals surface area (Å²) in [7, 11) is 0. The van der Waals surface area contributed by atoms with Gasteiger partial charge in [-0.2, -0.15) is 0 Å². The third-order valence-electron chi connectivity index (χ3n) is 2.56. The van der Waals surface area contributed by atoms with Crippen LogP contribution in [0.15, 0.2) is 57.6 Å². The number of hydrogen-bond donors (Lipinski definition) is 0. The number of para-hydroxylation sites is 1. The first-order valence-electron chi connectivity index (χ1n) is 5.33. The second-order valence-electron chi connectivity index (χ2n) is 3.77. The fraction of sp³-hybridized carbons (Fsp3) is 0. The summed E-state index contributed by atoms with van der Waals surface area (Å²) in [5.74, 6) is 1.33. The van der Waals surface area contributed by atoms with Crippen molar-refractivity contribution < 1.29 is 9.15 Å². The Hall–Kier alpha value is -1.45. The lowest BCUT2D eigenvalue weighted by Crippen LogP contribution is -1.86. The summed E-state index contributed by atoms with van der Waals surface area (Å²) >= 11 is 9.60. The van der Waals surface area contributed by atoms with Crippen LogP contribution in [0.1, 0.15) is 0 Å². The predicted molar refractivity (Wildman–Crippen MR) is 75.4 cm³/mol. The van der Waals surface area contributed by atoms with Gasteiger partial charge in [-0.1, -0.05) is 23.7 Å². The minimum atomic E-state index is 0.521. The van der Waals surface area contributed by atoms with Gasteiger partial charge in [0.05, 0.1) is 15.8 Å². The molecule has 2 aromatic carbocycles. The third-order valence-corrected chi connectivity index (χ3v) is 3.51. The summed E-state index contributed by atoms with van der Waals surface area (Å²) in [5, 5.41) is 1.48. The second kappa shape index (κ2) is 4.67. The topological polar surface area (TPSA) is 22.4 Å². The van der Waals surface area contributed by atoms with E-state index in [1.165, 1.54) is 0 Å². The second-order valence-corrected chi connectivity index (χ2v) is 5.04. The van der Waals surface area contributed by atoms with Crippen LogP contribution >= 0.6 is 27.5 Å². The molecule has 0 saturated carbocycles. The molecule has 2 nitrogen and oxygen atoms in total. The molecule has 90 valence electrons. The molecule has 0 bridgehead atoms. The summed E-state index contributed by atoms with van der Waals surface area (Å²) in [5.41, 5.74) is 0.750. The molecule has 1 heterocycles. The van der Waals surface area contributed by atoms with E-state index in [0.717, 1.165) is 21.2 Å². The van der Waals surface area contributed by atoms with E-state index in [1.54, 1.807) is 12.3 Å². The average molecular weight is 324 g/mol. The maximum absolute atomic E-state index is 6.16. The van der Waals surface area contributed by atoms with Crippen LogP contribution < -0.4 is 4.74 Å². The molecule has 1 aromatic heterocycles. The Kier molecular flexibility index (Phi) is 3.02. The molecule has 0 unspecified atom stereocenters.